The van der Waals surface area contributed by atoms with E-state index in [4.69, 9.17) is 11.0 Å². The van der Waals surface area contributed by atoms with E-state index in [2.05, 4.69) is 0 Å². The molecule has 1 aliphatic heterocycles. The summed E-state index contributed by atoms with van der Waals surface area (Å²) in [6.45, 7) is 3.65. The molecule has 3 atom stereocenters. The molecule has 0 radical (unpaired) electrons. The summed E-state index contributed by atoms with van der Waals surface area (Å²) in [5.74, 6) is -0.327. The fourth-order valence-electron chi connectivity index (χ4n) is 1.63. The average molecular weight is 250 g/mol. The van der Waals surface area contributed by atoms with E-state index in [0.29, 0.717) is 0 Å². The first kappa shape index (κ1) is 15.1. The molecule has 1 fully saturated rings. The molecular formula is C10H17ClFN3O. The molecule has 1 amide bonds. The van der Waals surface area contributed by atoms with Crippen LogP contribution in [0, 0.1) is 17.2 Å². The zero-order valence-electron chi connectivity index (χ0n) is 9.39. The van der Waals surface area contributed by atoms with Gasteiger partial charge in [0.05, 0.1) is 18.7 Å². The van der Waals surface area contributed by atoms with Crippen LogP contribution in [0.5, 0.6) is 0 Å². The van der Waals surface area contributed by atoms with Crippen molar-refractivity contribution in [1.82, 2.24) is 4.90 Å². The van der Waals surface area contributed by atoms with E-state index in [1.807, 2.05) is 19.9 Å². The maximum atomic E-state index is 13.0. The van der Waals surface area contributed by atoms with Crippen LogP contribution in [0.15, 0.2) is 0 Å². The van der Waals surface area contributed by atoms with E-state index in [-0.39, 0.29) is 37.2 Å². The molecule has 0 aromatic heterocycles. The van der Waals surface area contributed by atoms with Gasteiger partial charge in [-0.25, -0.2) is 4.39 Å². The highest BCUT2D eigenvalue weighted by Gasteiger charge is 2.37. The molecule has 4 nitrogen and oxygen atoms in total. The van der Waals surface area contributed by atoms with Crippen LogP contribution in [0.25, 0.3) is 0 Å². The Hall–Kier alpha value is -0.860. The van der Waals surface area contributed by atoms with Crippen molar-refractivity contribution in [2.75, 3.05) is 6.54 Å². The Morgan fingerprint density at radius 1 is 1.62 bits per heavy atom. The molecule has 0 aromatic rings. The third-order valence-electron chi connectivity index (χ3n) is 2.69. The first-order chi connectivity index (χ1) is 6.97. The minimum atomic E-state index is -1.10. The Labute approximate surface area is 101 Å². The van der Waals surface area contributed by atoms with Gasteiger partial charge in [-0.3, -0.25) is 4.79 Å². The summed E-state index contributed by atoms with van der Waals surface area (Å²) in [6.07, 6.45) is -0.995. The van der Waals surface area contributed by atoms with Crippen molar-refractivity contribution in [3.05, 3.63) is 0 Å². The maximum Gasteiger partial charge on any atom is 0.240 e. The number of likely N-dealkylation sites (tertiary alicyclic amines) is 1. The summed E-state index contributed by atoms with van der Waals surface area (Å²) in [5.41, 5.74) is 5.68. The van der Waals surface area contributed by atoms with Crippen molar-refractivity contribution >= 4 is 18.3 Å². The first-order valence-corrected chi connectivity index (χ1v) is 5.07. The summed E-state index contributed by atoms with van der Waals surface area (Å²) < 4.78 is 13.0. The molecule has 92 valence electrons. The lowest BCUT2D eigenvalue weighted by atomic mass is 10.0. The second kappa shape index (κ2) is 6.02. The molecule has 16 heavy (non-hydrogen) atoms. The van der Waals surface area contributed by atoms with E-state index in [1.54, 1.807) is 0 Å². The number of amides is 1. The second-order valence-corrected chi connectivity index (χ2v) is 4.24. The van der Waals surface area contributed by atoms with Gasteiger partial charge in [0.25, 0.3) is 0 Å². The molecule has 0 aliphatic carbocycles. The van der Waals surface area contributed by atoms with Gasteiger partial charge in [-0.15, -0.1) is 12.4 Å². The Balaban J connectivity index is 0.00000225. The van der Waals surface area contributed by atoms with Crippen molar-refractivity contribution in [1.29, 1.82) is 5.26 Å². The number of rotatable bonds is 2. The molecule has 1 aliphatic rings. The highest BCUT2D eigenvalue weighted by molar-refractivity contribution is 5.85. The van der Waals surface area contributed by atoms with Crippen molar-refractivity contribution in [3.8, 4) is 6.07 Å². The lowest BCUT2D eigenvalue weighted by Gasteiger charge is -2.24. The summed E-state index contributed by atoms with van der Waals surface area (Å²) >= 11 is 0. The fourth-order valence-corrected chi connectivity index (χ4v) is 1.63. The van der Waals surface area contributed by atoms with Crippen molar-refractivity contribution in [2.24, 2.45) is 11.7 Å². The van der Waals surface area contributed by atoms with Gasteiger partial charge >= 0.3 is 0 Å². The van der Waals surface area contributed by atoms with Crippen LogP contribution >= 0.6 is 12.4 Å². The smallest absolute Gasteiger partial charge is 0.240 e. The quantitative estimate of drug-likeness (QED) is 0.789. The Bertz CT molecular complexity index is 292. The van der Waals surface area contributed by atoms with Crippen LogP contribution in [0.3, 0.4) is 0 Å². The van der Waals surface area contributed by atoms with Crippen LogP contribution in [0.4, 0.5) is 4.39 Å². The Kier molecular flexibility index (Phi) is 5.70. The lowest BCUT2D eigenvalue weighted by Crippen LogP contribution is -2.48. The van der Waals surface area contributed by atoms with Crippen molar-refractivity contribution < 1.29 is 9.18 Å². The first-order valence-electron chi connectivity index (χ1n) is 5.07. The summed E-state index contributed by atoms with van der Waals surface area (Å²) in [5, 5.41) is 8.77. The minimum Gasteiger partial charge on any atom is -0.322 e. The van der Waals surface area contributed by atoms with Gasteiger partial charge in [-0.05, 0) is 5.92 Å². The van der Waals surface area contributed by atoms with E-state index in [0.717, 1.165) is 0 Å². The van der Waals surface area contributed by atoms with E-state index in [9.17, 15) is 9.18 Å². The number of nitriles is 1. The van der Waals surface area contributed by atoms with Gasteiger partial charge in [0.15, 0.2) is 0 Å². The van der Waals surface area contributed by atoms with Crippen LogP contribution in [0.1, 0.15) is 20.3 Å². The number of carbonyl (C=O) groups is 1. The van der Waals surface area contributed by atoms with E-state index in [1.165, 1.54) is 4.90 Å². The van der Waals surface area contributed by atoms with Gasteiger partial charge in [-0.1, -0.05) is 13.8 Å². The molecule has 0 unspecified atom stereocenters. The number of nitrogens with two attached hydrogens (primary N) is 1. The summed E-state index contributed by atoms with van der Waals surface area (Å²) in [6, 6.07) is 0.626. The van der Waals surface area contributed by atoms with Crippen molar-refractivity contribution in [2.45, 2.75) is 38.5 Å². The largest absolute Gasteiger partial charge is 0.322 e. The molecule has 2 N–H and O–H groups in total. The van der Waals surface area contributed by atoms with Gasteiger partial charge in [0, 0.05) is 6.42 Å². The highest BCUT2D eigenvalue weighted by atomic mass is 35.5. The predicted molar refractivity (Wildman–Crippen MR) is 60.7 cm³/mol. The van der Waals surface area contributed by atoms with Gasteiger partial charge in [0.2, 0.25) is 5.91 Å². The minimum absolute atomic E-state index is 0. The van der Waals surface area contributed by atoms with Crippen LogP contribution in [-0.4, -0.2) is 35.6 Å². The van der Waals surface area contributed by atoms with Crippen LogP contribution < -0.4 is 5.73 Å². The zero-order valence-corrected chi connectivity index (χ0v) is 10.2. The fraction of sp³-hybridized carbons (Fsp3) is 0.800. The second-order valence-electron chi connectivity index (χ2n) is 4.24. The van der Waals surface area contributed by atoms with Crippen LogP contribution in [0.2, 0.25) is 0 Å². The monoisotopic (exact) mass is 249 g/mol. The Morgan fingerprint density at radius 2 is 2.19 bits per heavy atom. The molecule has 0 aromatic carbocycles. The zero-order chi connectivity index (χ0) is 11.6. The van der Waals surface area contributed by atoms with Gasteiger partial charge in [0.1, 0.15) is 12.2 Å². The van der Waals surface area contributed by atoms with Crippen LogP contribution in [-0.2, 0) is 4.79 Å². The lowest BCUT2D eigenvalue weighted by molar-refractivity contribution is -0.133. The SMILES string of the molecule is CC(C)[C@H](N)C(=O)N1C[C@@H](F)C[C@H]1C#N.Cl. The van der Waals surface area contributed by atoms with E-state index >= 15 is 0 Å². The number of halogens is 2. The van der Waals surface area contributed by atoms with Gasteiger partial charge in [-0.2, -0.15) is 5.26 Å². The maximum absolute atomic E-state index is 13.0. The topological polar surface area (TPSA) is 70.1 Å². The molecular weight excluding hydrogens is 233 g/mol. The summed E-state index contributed by atoms with van der Waals surface area (Å²) in [7, 11) is 0. The number of hydrogen-bond donors (Lipinski definition) is 1. The number of alkyl halides is 1. The standard InChI is InChI=1S/C10H16FN3O.ClH/c1-6(2)9(13)10(15)14-5-7(11)3-8(14)4-12;/h6-9H,3,5,13H2,1-2H3;1H/t7-,8-,9-;/m0./s1. The molecule has 0 saturated carbocycles. The number of nitrogens with zero attached hydrogens (tertiary/aromatic N) is 2. The van der Waals surface area contributed by atoms with E-state index < -0.39 is 18.3 Å². The highest BCUT2D eigenvalue weighted by Crippen LogP contribution is 2.21. The van der Waals surface area contributed by atoms with Crippen molar-refractivity contribution in [3.63, 3.8) is 0 Å². The number of hydrogen-bond acceptors (Lipinski definition) is 3. The predicted octanol–water partition coefficient (Wildman–Crippen LogP) is 0.854. The van der Waals surface area contributed by atoms with Gasteiger partial charge < -0.3 is 10.6 Å². The number of carbonyl (C=O) groups excluding carboxylic acids is 1. The average Bonchev–Trinajstić information content (AvgIpc) is 2.57. The summed E-state index contributed by atoms with van der Waals surface area (Å²) in [4.78, 5) is 13.0. The normalized spacial score (nSPS) is 26.1. The molecule has 1 heterocycles. The third kappa shape index (κ3) is 3.06. The molecule has 0 spiro atoms. The molecule has 6 heteroatoms. The molecule has 1 saturated heterocycles. The Morgan fingerprint density at radius 3 is 2.62 bits per heavy atom. The molecule has 0 bridgehead atoms. The molecule has 1 rings (SSSR count). The third-order valence-corrected chi connectivity index (χ3v) is 2.69.